The molecular formula is C18H36O5. The topological polar surface area (TPSA) is 46.2 Å². The van der Waals surface area contributed by atoms with Crippen LogP contribution in [0.4, 0.5) is 0 Å². The molecule has 0 aromatic carbocycles. The van der Waals surface area contributed by atoms with Crippen molar-refractivity contribution in [2.45, 2.75) is 104 Å². The molecule has 0 bridgehead atoms. The summed E-state index contributed by atoms with van der Waals surface area (Å²) in [6.45, 7) is 13.8. The molecule has 3 fully saturated rings. The zero-order chi connectivity index (χ0) is 17.2. The molecule has 0 saturated carbocycles. The molecule has 3 aliphatic rings. The fourth-order valence-electron chi connectivity index (χ4n) is 2.74. The van der Waals surface area contributed by atoms with Gasteiger partial charge >= 0.3 is 0 Å². The van der Waals surface area contributed by atoms with Crippen molar-refractivity contribution in [1.82, 2.24) is 0 Å². The summed E-state index contributed by atoms with van der Waals surface area (Å²) in [6.07, 6.45) is 6.64. The van der Waals surface area contributed by atoms with E-state index in [1.807, 2.05) is 20.8 Å². The van der Waals surface area contributed by atoms with Gasteiger partial charge < -0.3 is 23.7 Å². The maximum Gasteiger partial charge on any atom is 0.155 e. The van der Waals surface area contributed by atoms with Gasteiger partial charge in [0, 0.05) is 0 Å². The van der Waals surface area contributed by atoms with Crippen molar-refractivity contribution in [3.63, 3.8) is 0 Å². The molecule has 0 aliphatic carbocycles. The van der Waals surface area contributed by atoms with Crippen molar-refractivity contribution in [1.29, 1.82) is 0 Å². The van der Waals surface area contributed by atoms with Gasteiger partial charge in [0.25, 0.3) is 0 Å². The monoisotopic (exact) mass is 332 g/mol. The third kappa shape index (κ3) is 10.3. The Hall–Kier alpha value is -0.200. The first-order valence-electron chi connectivity index (χ1n) is 9.06. The Morgan fingerprint density at radius 3 is 1.35 bits per heavy atom. The molecule has 3 heterocycles. The highest BCUT2D eigenvalue weighted by Crippen LogP contribution is 2.17. The molecule has 23 heavy (non-hydrogen) atoms. The van der Waals surface area contributed by atoms with Gasteiger partial charge in [0.1, 0.15) is 0 Å². The zero-order valence-electron chi connectivity index (χ0n) is 15.7. The first kappa shape index (κ1) is 20.8. The van der Waals surface area contributed by atoms with Crippen molar-refractivity contribution < 1.29 is 23.7 Å². The predicted octanol–water partition coefficient (Wildman–Crippen LogP) is 3.89. The van der Waals surface area contributed by atoms with Gasteiger partial charge in [-0.2, -0.15) is 0 Å². The fraction of sp³-hybridized carbons (Fsp3) is 1.00. The van der Waals surface area contributed by atoms with Crippen LogP contribution >= 0.6 is 0 Å². The van der Waals surface area contributed by atoms with Crippen molar-refractivity contribution in [2.24, 2.45) is 0 Å². The Morgan fingerprint density at radius 2 is 1.09 bits per heavy atom. The Kier molecular flexibility index (Phi) is 10.3. The Balaban J connectivity index is 0.000000173. The molecule has 6 atom stereocenters. The molecule has 0 radical (unpaired) electrons. The van der Waals surface area contributed by atoms with Gasteiger partial charge in [-0.1, -0.05) is 0 Å². The van der Waals surface area contributed by atoms with E-state index >= 15 is 0 Å². The highest BCUT2D eigenvalue weighted by Gasteiger charge is 2.16. The SMILES string of the molecule is CC1CCCC(C)O1.CC1CCOC(C)O1.CC1COC(C)O1. The van der Waals surface area contributed by atoms with Crippen LogP contribution in [0, 0.1) is 0 Å². The lowest BCUT2D eigenvalue weighted by atomic mass is 10.1. The number of hydrogen-bond acceptors (Lipinski definition) is 5. The molecule has 3 aliphatic heterocycles. The second-order valence-corrected chi connectivity index (χ2v) is 6.71. The van der Waals surface area contributed by atoms with E-state index in [0.29, 0.717) is 24.4 Å². The highest BCUT2D eigenvalue weighted by molar-refractivity contribution is 4.63. The molecule has 3 rings (SSSR count). The summed E-state index contributed by atoms with van der Waals surface area (Å²) in [5, 5.41) is 0. The molecule has 0 N–H and O–H groups in total. The number of ether oxygens (including phenoxy) is 5. The lowest BCUT2D eigenvalue weighted by Gasteiger charge is -2.24. The lowest BCUT2D eigenvalue weighted by molar-refractivity contribution is -0.197. The van der Waals surface area contributed by atoms with Crippen LogP contribution in [0.2, 0.25) is 0 Å². The molecule has 5 nitrogen and oxygen atoms in total. The van der Waals surface area contributed by atoms with Gasteiger partial charge in [0.05, 0.1) is 37.6 Å². The van der Waals surface area contributed by atoms with Gasteiger partial charge in [0.15, 0.2) is 12.6 Å². The van der Waals surface area contributed by atoms with Crippen molar-refractivity contribution >= 4 is 0 Å². The quantitative estimate of drug-likeness (QED) is 0.673. The Labute approximate surface area is 142 Å². The summed E-state index contributed by atoms with van der Waals surface area (Å²) in [5.41, 5.74) is 0. The summed E-state index contributed by atoms with van der Waals surface area (Å²) >= 11 is 0. The normalized spacial score (nSPS) is 40.4. The second-order valence-electron chi connectivity index (χ2n) is 6.71. The smallest absolute Gasteiger partial charge is 0.155 e. The Morgan fingerprint density at radius 1 is 0.565 bits per heavy atom. The average molecular weight is 332 g/mol. The van der Waals surface area contributed by atoms with Crippen LogP contribution in [0.3, 0.4) is 0 Å². The minimum atomic E-state index is 0.0127. The van der Waals surface area contributed by atoms with Gasteiger partial charge in [0.2, 0.25) is 0 Å². The number of hydrogen-bond donors (Lipinski definition) is 0. The van der Waals surface area contributed by atoms with Crippen molar-refractivity contribution in [2.75, 3.05) is 13.2 Å². The number of rotatable bonds is 0. The van der Waals surface area contributed by atoms with Gasteiger partial charge in [-0.25, -0.2) is 0 Å². The van der Waals surface area contributed by atoms with Crippen molar-refractivity contribution in [3.05, 3.63) is 0 Å². The summed E-state index contributed by atoms with van der Waals surface area (Å²) < 4.78 is 26.1. The molecular weight excluding hydrogens is 296 g/mol. The van der Waals surface area contributed by atoms with E-state index in [9.17, 15) is 0 Å². The third-order valence-electron chi connectivity index (χ3n) is 3.98. The first-order chi connectivity index (χ1) is 10.9. The van der Waals surface area contributed by atoms with Crippen LogP contribution in [0.15, 0.2) is 0 Å². The van der Waals surface area contributed by atoms with E-state index in [2.05, 4.69) is 20.8 Å². The summed E-state index contributed by atoms with van der Waals surface area (Å²) in [7, 11) is 0. The van der Waals surface area contributed by atoms with E-state index in [4.69, 9.17) is 23.7 Å². The molecule has 3 saturated heterocycles. The fourth-order valence-corrected chi connectivity index (χ4v) is 2.74. The van der Waals surface area contributed by atoms with Crippen LogP contribution in [0.25, 0.3) is 0 Å². The van der Waals surface area contributed by atoms with Gasteiger partial charge in [-0.3, -0.25) is 0 Å². The molecule has 0 aromatic rings. The molecule has 0 aromatic heterocycles. The molecule has 0 amide bonds. The maximum absolute atomic E-state index is 5.49. The van der Waals surface area contributed by atoms with E-state index in [-0.39, 0.29) is 12.6 Å². The van der Waals surface area contributed by atoms with Gasteiger partial charge in [-0.05, 0) is 67.2 Å². The zero-order valence-corrected chi connectivity index (χ0v) is 15.7. The largest absolute Gasteiger partial charge is 0.376 e. The summed E-state index contributed by atoms with van der Waals surface area (Å²) in [6, 6.07) is 0. The maximum atomic E-state index is 5.49. The van der Waals surface area contributed by atoms with E-state index in [0.717, 1.165) is 19.6 Å². The third-order valence-corrected chi connectivity index (χ3v) is 3.98. The predicted molar refractivity (Wildman–Crippen MR) is 90.4 cm³/mol. The average Bonchev–Trinajstić information content (AvgIpc) is 2.83. The summed E-state index contributed by atoms with van der Waals surface area (Å²) in [4.78, 5) is 0. The van der Waals surface area contributed by atoms with Crippen LogP contribution in [-0.4, -0.2) is 50.2 Å². The second kappa shape index (κ2) is 11.4. The lowest BCUT2D eigenvalue weighted by Crippen LogP contribution is -2.27. The minimum absolute atomic E-state index is 0.0127. The van der Waals surface area contributed by atoms with E-state index in [1.54, 1.807) is 0 Å². The minimum Gasteiger partial charge on any atom is -0.376 e. The van der Waals surface area contributed by atoms with Crippen LogP contribution in [-0.2, 0) is 23.7 Å². The first-order valence-corrected chi connectivity index (χ1v) is 9.06. The van der Waals surface area contributed by atoms with Crippen LogP contribution in [0.5, 0.6) is 0 Å². The summed E-state index contributed by atoms with van der Waals surface area (Å²) in [5.74, 6) is 0. The van der Waals surface area contributed by atoms with E-state index in [1.165, 1.54) is 19.3 Å². The van der Waals surface area contributed by atoms with Crippen molar-refractivity contribution in [3.8, 4) is 0 Å². The van der Waals surface area contributed by atoms with Crippen LogP contribution in [0.1, 0.15) is 67.2 Å². The molecule has 0 spiro atoms. The van der Waals surface area contributed by atoms with Crippen LogP contribution < -0.4 is 0 Å². The Bertz CT molecular complexity index is 255. The van der Waals surface area contributed by atoms with Gasteiger partial charge in [-0.15, -0.1) is 0 Å². The van der Waals surface area contributed by atoms with E-state index < -0.39 is 0 Å². The molecule has 6 unspecified atom stereocenters. The standard InChI is InChI=1S/C7H14O.C6H12O2.C5H10O2/c1-6-4-3-5-7(2)8-6;1-5-3-4-7-6(2)8-5;1-4-3-6-5(2)7-4/h6-7H,3-5H2,1-2H3;5-6H,3-4H2,1-2H3;4-5H,3H2,1-2H3. The molecule has 138 valence electrons. The highest BCUT2D eigenvalue weighted by atomic mass is 16.7. The molecule has 5 heteroatoms.